The van der Waals surface area contributed by atoms with Gasteiger partial charge in [-0.1, -0.05) is 0 Å². The second-order valence-electron chi connectivity index (χ2n) is 3.07. The molecule has 4 nitrogen and oxygen atoms in total. The third-order valence-electron chi connectivity index (χ3n) is 2.01. The van der Waals surface area contributed by atoms with Gasteiger partial charge in [0.25, 0.3) is 0 Å². The van der Waals surface area contributed by atoms with E-state index in [2.05, 4.69) is 9.55 Å². The molecule has 0 unspecified atom stereocenters. The number of nitrogens with two attached hydrogens (primary N) is 2. The monoisotopic (exact) mass is 182 g/mol. The third kappa shape index (κ3) is 3.16. The highest BCUT2D eigenvalue weighted by Crippen LogP contribution is 2.01. The fourth-order valence-corrected chi connectivity index (χ4v) is 1.29. The zero-order chi connectivity index (χ0) is 9.52. The van der Waals surface area contributed by atoms with Gasteiger partial charge >= 0.3 is 0 Å². The molecule has 4 N–H and O–H groups in total. The van der Waals surface area contributed by atoms with Crippen LogP contribution in [0.4, 0.5) is 0 Å². The van der Waals surface area contributed by atoms with E-state index in [1.807, 2.05) is 12.4 Å². The van der Waals surface area contributed by atoms with Crippen molar-refractivity contribution in [3.63, 3.8) is 0 Å². The second-order valence-corrected chi connectivity index (χ2v) is 3.07. The van der Waals surface area contributed by atoms with Crippen molar-refractivity contribution < 1.29 is 0 Å². The maximum atomic E-state index is 5.44. The molecule has 1 rings (SSSR count). The quantitative estimate of drug-likeness (QED) is 0.656. The molecule has 0 saturated heterocycles. The van der Waals surface area contributed by atoms with Gasteiger partial charge in [-0.15, -0.1) is 0 Å². The first-order chi connectivity index (χ1) is 6.38. The standard InChI is InChI=1S/C9H18N4/c10-4-1-3-9-12-6-8-13(9)7-2-5-11/h6,8H,1-5,7,10-11H2. The average molecular weight is 182 g/mol. The molecule has 4 heteroatoms. The van der Waals surface area contributed by atoms with E-state index in [1.54, 1.807) is 0 Å². The number of aromatic nitrogens is 2. The topological polar surface area (TPSA) is 69.9 Å². The lowest BCUT2D eigenvalue weighted by Crippen LogP contribution is -2.09. The van der Waals surface area contributed by atoms with Gasteiger partial charge in [0.2, 0.25) is 0 Å². The number of hydrogen-bond donors (Lipinski definition) is 2. The van der Waals surface area contributed by atoms with Crippen molar-refractivity contribution in [1.29, 1.82) is 0 Å². The van der Waals surface area contributed by atoms with E-state index in [4.69, 9.17) is 11.5 Å². The molecule has 0 aliphatic carbocycles. The van der Waals surface area contributed by atoms with Gasteiger partial charge in [0.05, 0.1) is 0 Å². The van der Waals surface area contributed by atoms with Gasteiger partial charge in [0.1, 0.15) is 5.82 Å². The molecule has 0 aliphatic heterocycles. The Morgan fingerprint density at radius 1 is 1.23 bits per heavy atom. The van der Waals surface area contributed by atoms with Crippen molar-refractivity contribution in [2.75, 3.05) is 13.1 Å². The molecule has 0 aromatic carbocycles. The highest BCUT2D eigenvalue weighted by Gasteiger charge is 2.00. The van der Waals surface area contributed by atoms with Crippen molar-refractivity contribution in [3.05, 3.63) is 18.2 Å². The SMILES string of the molecule is NCCCc1nccn1CCCN. The fraction of sp³-hybridized carbons (Fsp3) is 0.667. The Labute approximate surface area is 78.9 Å². The first-order valence-corrected chi connectivity index (χ1v) is 4.78. The molecule has 13 heavy (non-hydrogen) atoms. The Morgan fingerprint density at radius 2 is 2.00 bits per heavy atom. The van der Waals surface area contributed by atoms with Crippen LogP contribution >= 0.6 is 0 Å². The number of hydrogen-bond acceptors (Lipinski definition) is 3. The molecule has 0 bridgehead atoms. The summed E-state index contributed by atoms with van der Waals surface area (Å²) in [5, 5.41) is 0. The molecule has 1 aromatic heterocycles. The van der Waals surface area contributed by atoms with Crippen LogP contribution in [0.5, 0.6) is 0 Å². The van der Waals surface area contributed by atoms with Crippen LogP contribution in [0.3, 0.4) is 0 Å². The molecule has 0 aliphatic rings. The summed E-state index contributed by atoms with van der Waals surface area (Å²) in [5.41, 5.74) is 10.9. The predicted octanol–water partition coefficient (Wildman–Crippen LogP) is 0.123. The summed E-state index contributed by atoms with van der Waals surface area (Å²) in [5.74, 6) is 1.12. The van der Waals surface area contributed by atoms with Crippen LogP contribution in [0.25, 0.3) is 0 Å². The van der Waals surface area contributed by atoms with E-state index in [1.165, 1.54) is 0 Å². The maximum Gasteiger partial charge on any atom is 0.108 e. The number of aryl methyl sites for hydroxylation is 2. The Morgan fingerprint density at radius 3 is 2.69 bits per heavy atom. The molecular weight excluding hydrogens is 164 g/mol. The van der Waals surface area contributed by atoms with Crippen molar-refractivity contribution in [1.82, 2.24) is 9.55 Å². The summed E-state index contributed by atoms with van der Waals surface area (Å²) in [6, 6.07) is 0. The minimum absolute atomic E-state index is 0.726. The van der Waals surface area contributed by atoms with Crippen LogP contribution in [0, 0.1) is 0 Å². The predicted molar refractivity (Wildman–Crippen MR) is 53.3 cm³/mol. The molecular formula is C9H18N4. The minimum atomic E-state index is 0.726. The van der Waals surface area contributed by atoms with Gasteiger partial charge < -0.3 is 16.0 Å². The van der Waals surface area contributed by atoms with Crippen LogP contribution in [0.1, 0.15) is 18.7 Å². The summed E-state index contributed by atoms with van der Waals surface area (Å²) in [6.45, 7) is 2.43. The summed E-state index contributed by atoms with van der Waals surface area (Å²) in [4.78, 5) is 4.27. The zero-order valence-corrected chi connectivity index (χ0v) is 7.95. The lowest BCUT2D eigenvalue weighted by Gasteiger charge is -2.05. The molecule has 1 heterocycles. The van der Waals surface area contributed by atoms with Gasteiger partial charge in [0, 0.05) is 25.4 Å². The van der Waals surface area contributed by atoms with Gasteiger partial charge in [-0.3, -0.25) is 0 Å². The van der Waals surface area contributed by atoms with E-state index in [-0.39, 0.29) is 0 Å². The average Bonchev–Trinajstić information content (AvgIpc) is 2.59. The minimum Gasteiger partial charge on any atom is -0.335 e. The highest BCUT2D eigenvalue weighted by molar-refractivity contribution is 4.92. The Bertz CT molecular complexity index is 209. The Kier molecular flexibility index (Phi) is 4.49. The largest absolute Gasteiger partial charge is 0.335 e. The van der Waals surface area contributed by atoms with E-state index in [0.717, 1.165) is 44.7 Å². The summed E-state index contributed by atoms with van der Waals surface area (Å²) >= 11 is 0. The molecule has 0 radical (unpaired) electrons. The van der Waals surface area contributed by atoms with Crippen molar-refractivity contribution in [2.24, 2.45) is 11.5 Å². The summed E-state index contributed by atoms with van der Waals surface area (Å²) in [7, 11) is 0. The summed E-state index contributed by atoms with van der Waals surface area (Å²) in [6.07, 6.45) is 6.81. The van der Waals surface area contributed by atoms with Crippen LogP contribution in [-0.2, 0) is 13.0 Å². The first kappa shape index (κ1) is 10.2. The van der Waals surface area contributed by atoms with Gasteiger partial charge in [-0.25, -0.2) is 4.98 Å². The smallest absolute Gasteiger partial charge is 0.108 e. The number of rotatable bonds is 6. The van der Waals surface area contributed by atoms with E-state index >= 15 is 0 Å². The van der Waals surface area contributed by atoms with Crippen LogP contribution in [0.15, 0.2) is 12.4 Å². The third-order valence-corrected chi connectivity index (χ3v) is 2.01. The molecule has 0 amide bonds. The number of nitrogens with zero attached hydrogens (tertiary/aromatic N) is 2. The summed E-state index contributed by atoms with van der Waals surface area (Å²) < 4.78 is 2.16. The van der Waals surface area contributed by atoms with Gasteiger partial charge in [-0.2, -0.15) is 0 Å². The lowest BCUT2D eigenvalue weighted by atomic mass is 10.3. The van der Waals surface area contributed by atoms with Crippen LogP contribution in [0.2, 0.25) is 0 Å². The van der Waals surface area contributed by atoms with E-state index < -0.39 is 0 Å². The molecule has 1 aromatic rings. The fourth-order valence-electron chi connectivity index (χ4n) is 1.29. The second kappa shape index (κ2) is 5.72. The zero-order valence-electron chi connectivity index (χ0n) is 7.95. The molecule has 0 atom stereocenters. The first-order valence-electron chi connectivity index (χ1n) is 4.78. The molecule has 0 saturated carbocycles. The molecule has 74 valence electrons. The highest BCUT2D eigenvalue weighted by atomic mass is 15.1. The van der Waals surface area contributed by atoms with Crippen LogP contribution < -0.4 is 11.5 Å². The van der Waals surface area contributed by atoms with Gasteiger partial charge in [-0.05, 0) is 25.9 Å². The van der Waals surface area contributed by atoms with E-state index in [0.29, 0.717) is 0 Å². The van der Waals surface area contributed by atoms with Gasteiger partial charge in [0.15, 0.2) is 0 Å². The maximum absolute atomic E-state index is 5.44. The Balaban J connectivity index is 2.45. The lowest BCUT2D eigenvalue weighted by molar-refractivity contribution is 0.607. The Hall–Kier alpha value is -0.870. The van der Waals surface area contributed by atoms with Crippen molar-refractivity contribution >= 4 is 0 Å². The normalized spacial score (nSPS) is 10.6. The molecule has 0 spiro atoms. The molecule has 0 fully saturated rings. The van der Waals surface area contributed by atoms with Crippen LogP contribution in [-0.4, -0.2) is 22.6 Å². The van der Waals surface area contributed by atoms with E-state index in [9.17, 15) is 0 Å². The van der Waals surface area contributed by atoms with Crippen molar-refractivity contribution in [2.45, 2.75) is 25.8 Å². The van der Waals surface area contributed by atoms with Crippen molar-refractivity contribution in [3.8, 4) is 0 Å². The number of imidazole rings is 1.